The minimum absolute atomic E-state index is 0.00658. The van der Waals surface area contributed by atoms with E-state index < -0.39 is 11.6 Å². The Morgan fingerprint density at radius 3 is 2.53 bits per heavy atom. The summed E-state index contributed by atoms with van der Waals surface area (Å²) in [5.74, 6) is -0.857. The van der Waals surface area contributed by atoms with E-state index in [0.717, 1.165) is 6.07 Å². The van der Waals surface area contributed by atoms with Crippen LogP contribution in [0.4, 0.5) is 8.78 Å². The number of hydrogen-bond donors (Lipinski definition) is 0. The van der Waals surface area contributed by atoms with Gasteiger partial charge in [-0.25, -0.2) is 8.78 Å². The van der Waals surface area contributed by atoms with E-state index in [4.69, 9.17) is 21.6 Å². The smallest absolute Gasteiger partial charge is 0.144 e. The molecule has 0 saturated heterocycles. The van der Waals surface area contributed by atoms with Crippen LogP contribution >= 0.6 is 11.6 Å². The van der Waals surface area contributed by atoms with Crippen LogP contribution in [-0.4, -0.2) is 0 Å². The summed E-state index contributed by atoms with van der Waals surface area (Å²) in [6.45, 7) is 0.130. The molecule has 0 bridgehead atoms. The monoisotopic (exact) mass is 279 g/mol. The topological polar surface area (TPSA) is 33.0 Å². The molecule has 0 aliphatic carbocycles. The highest BCUT2D eigenvalue weighted by Crippen LogP contribution is 2.20. The molecule has 0 aliphatic heterocycles. The third-order valence-electron chi connectivity index (χ3n) is 2.45. The highest BCUT2D eigenvalue weighted by Gasteiger charge is 2.05. The summed E-state index contributed by atoms with van der Waals surface area (Å²) >= 11 is 5.63. The number of halogens is 3. The zero-order chi connectivity index (χ0) is 13.8. The second kappa shape index (κ2) is 5.68. The van der Waals surface area contributed by atoms with Crippen molar-refractivity contribution in [3.8, 4) is 11.8 Å². The summed E-state index contributed by atoms with van der Waals surface area (Å²) in [4.78, 5) is 0. The molecule has 0 aromatic heterocycles. The van der Waals surface area contributed by atoms with Gasteiger partial charge in [0.2, 0.25) is 0 Å². The Labute approximate surface area is 113 Å². The summed E-state index contributed by atoms with van der Waals surface area (Å²) in [5.41, 5.74) is 0.619. The predicted molar refractivity (Wildman–Crippen MR) is 66.9 cm³/mol. The van der Waals surface area contributed by atoms with Crippen molar-refractivity contribution in [3.05, 3.63) is 64.2 Å². The zero-order valence-electron chi connectivity index (χ0n) is 9.66. The molecule has 96 valence electrons. The van der Waals surface area contributed by atoms with Crippen LogP contribution < -0.4 is 4.74 Å². The lowest BCUT2D eigenvalue weighted by atomic mass is 10.2. The molecule has 0 spiro atoms. The maximum Gasteiger partial charge on any atom is 0.144 e. The molecule has 0 heterocycles. The zero-order valence-corrected chi connectivity index (χ0v) is 10.4. The van der Waals surface area contributed by atoms with Gasteiger partial charge >= 0.3 is 0 Å². The molecular weight excluding hydrogens is 272 g/mol. The first kappa shape index (κ1) is 13.3. The predicted octanol–water partition coefficient (Wildman–Crippen LogP) is 4.07. The first-order valence-electron chi connectivity index (χ1n) is 5.36. The number of nitriles is 1. The lowest BCUT2D eigenvalue weighted by molar-refractivity contribution is 0.304. The highest BCUT2D eigenvalue weighted by atomic mass is 35.5. The van der Waals surface area contributed by atoms with Crippen molar-refractivity contribution < 1.29 is 13.5 Å². The van der Waals surface area contributed by atoms with E-state index in [9.17, 15) is 8.78 Å². The van der Waals surface area contributed by atoms with E-state index in [1.54, 1.807) is 6.07 Å². The van der Waals surface area contributed by atoms with Gasteiger partial charge in [-0.15, -0.1) is 0 Å². The molecule has 0 atom stereocenters. The Morgan fingerprint density at radius 1 is 1.11 bits per heavy atom. The van der Waals surface area contributed by atoms with Crippen molar-refractivity contribution >= 4 is 11.6 Å². The molecule has 0 aliphatic rings. The molecule has 2 nitrogen and oxygen atoms in total. The number of ether oxygens (including phenoxy) is 1. The number of hydrogen-bond acceptors (Lipinski definition) is 2. The Hall–Kier alpha value is -2.12. The van der Waals surface area contributed by atoms with Crippen molar-refractivity contribution in [2.24, 2.45) is 0 Å². The summed E-state index contributed by atoms with van der Waals surface area (Å²) in [6, 6.07) is 9.88. The van der Waals surface area contributed by atoms with Crippen LogP contribution in [0.5, 0.6) is 5.75 Å². The van der Waals surface area contributed by atoms with Gasteiger partial charge in [0.05, 0.1) is 10.6 Å². The molecule has 0 N–H and O–H groups in total. The molecule has 5 heteroatoms. The highest BCUT2D eigenvalue weighted by molar-refractivity contribution is 6.30. The standard InChI is InChI=1S/C14H8ClF2NO/c15-12-5-9(1-4-13(12)16)8-19-11-3-2-10(7-18)14(17)6-11/h1-6H,8H2. The maximum absolute atomic E-state index is 13.3. The Balaban J connectivity index is 2.08. The van der Waals surface area contributed by atoms with Gasteiger partial charge < -0.3 is 4.74 Å². The molecule has 0 fully saturated rings. The van der Waals surface area contributed by atoms with Crippen molar-refractivity contribution in [2.75, 3.05) is 0 Å². The number of nitrogens with zero attached hydrogens (tertiary/aromatic N) is 1. The van der Waals surface area contributed by atoms with Crippen molar-refractivity contribution in [3.63, 3.8) is 0 Å². The minimum Gasteiger partial charge on any atom is -0.489 e. The first-order valence-corrected chi connectivity index (χ1v) is 5.74. The molecule has 0 unspecified atom stereocenters. The van der Waals surface area contributed by atoms with Gasteiger partial charge in [0.25, 0.3) is 0 Å². The number of benzene rings is 2. The Kier molecular flexibility index (Phi) is 3.98. The van der Waals surface area contributed by atoms with Gasteiger partial charge in [-0.3, -0.25) is 0 Å². The van der Waals surface area contributed by atoms with Crippen molar-refractivity contribution in [2.45, 2.75) is 6.61 Å². The Bertz CT molecular complexity index is 652. The van der Waals surface area contributed by atoms with Crippen LogP contribution in [0, 0.1) is 23.0 Å². The largest absolute Gasteiger partial charge is 0.489 e. The lowest BCUT2D eigenvalue weighted by Crippen LogP contribution is -1.97. The summed E-state index contributed by atoms with van der Waals surface area (Å²) < 4.78 is 31.6. The second-order valence-electron chi connectivity index (χ2n) is 3.79. The average Bonchev–Trinajstić information content (AvgIpc) is 2.40. The molecule has 0 amide bonds. The third-order valence-corrected chi connectivity index (χ3v) is 2.74. The fraction of sp³-hybridized carbons (Fsp3) is 0.0714. The van der Waals surface area contributed by atoms with Gasteiger partial charge in [-0.1, -0.05) is 17.7 Å². The summed E-state index contributed by atoms with van der Waals surface area (Å²) in [5, 5.41) is 8.60. The van der Waals surface area contributed by atoms with Crippen molar-refractivity contribution in [1.82, 2.24) is 0 Å². The van der Waals surface area contributed by atoms with Crippen LogP contribution in [0.3, 0.4) is 0 Å². The normalized spacial score (nSPS) is 10.0. The summed E-state index contributed by atoms with van der Waals surface area (Å²) in [6.07, 6.45) is 0. The molecular formula is C14H8ClF2NO. The SMILES string of the molecule is N#Cc1ccc(OCc2ccc(F)c(Cl)c2)cc1F. The van der Waals surface area contributed by atoms with Gasteiger partial charge in [-0.05, 0) is 29.8 Å². The van der Waals surface area contributed by atoms with E-state index in [-0.39, 0.29) is 22.9 Å². The van der Waals surface area contributed by atoms with Crippen LogP contribution in [-0.2, 0) is 6.61 Å². The molecule has 2 rings (SSSR count). The fourth-order valence-corrected chi connectivity index (χ4v) is 1.68. The fourth-order valence-electron chi connectivity index (χ4n) is 1.47. The van der Waals surface area contributed by atoms with Gasteiger partial charge in [0.1, 0.15) is 30.1 Å². The van der Waals surface area contributed by atoms with Gasteiger partial charge in [0.15, 0.2) is 0 Å². The Morgan fingerprint density at radius 2 is 1.89 bits per heavy atom. The van der Waals surface area contributed by atoms with Crippen LogP contribution in [0.1, 0.15) is 11.1 Å². The van der Waals surface area contributed by atoms with Crippen LogP contribution in [0.25, 0.3) is 0 Å². The summed E-state index contributed by atoms with van der Waals surface area (Å²) in [7, 11) is 0. The van der Waals surface area contributed by atoms with Gasteiger partial charge in [-0.2, -0.15) is 5.26 Å². The molecule has 0 radical (unpaired) electrons. The molecule has 2 aromatic rings. The minimum atomic E-state index is -0.642. The maximum atomic E-state index is 13.3. The van der Waals surface area contributed by atoms with E-state index in [0.29, 0.717) is 5.56 Å². The van der Waals surface area contributed by atoms with Crippen LogP contribution in [0.2, 0.25) is 5.02 Å². The first-order chi connectivity index (χ1) is 9.10. The second-order valence-corrected chi connectivity index (χ2v) is 4.20. The van der Waals surface area contributed by atoms with E-state index in [2.05, 4.69) is 0 Å². The molecule has 0 saturated carbocycles. The molecule has 2 aromatic carbocycles. The van der Waals surface area contributed by atoms with E-state index in [1.165, 1.54) is 30.3 Å². The van der Waals surface area contributed by atoms with E-state index in [1.807, 2.05) is 0 Å². The van der Waals surface area contributed by atoms with E-state index >= 15 is 0 Å². The van der Waals surface area contributed by atoms with Crippen molar-refractivity contribution in [1.29, 1.82) is 5.26 Å². The third kappa shape index (κ3) is 3.21. The lowest BCUT2D eigenvalue weighted by Gasteiger charge is -2.07. The average molecular weight is 280 g/mol. The van der Waals surface area contributed by atoms with Gasteiger partial charge in [0, 0.05) is 6.07 Å². The van der Waals surface area contributed by atoms with Crippen LogP contribution in [0.15, 0.2) is 36.4 Å². The number of rotatable bonds is 3. The molecule has 19 heavy (non-hydrogen) atoms. The quantitative estimate of drug-likeness (QED) is 0.848.